The maximum absolute atomic E-state index is 10.1. The summed E-state index contributed by atoms with van der Waals surface area (Å²) in [5.41, 5.74) is 1.47. The molecule has 0 unspecified atom stereocenters. The van der Waals surface area contributed by atoms with Crippen molar-refractivity contribution in [2.45, 2.75) is 6.54 Å². The predicted molar refractivity (Wildman–Crippen MR) is 72.8 cm³/mol. The molecular formula is C15H14N2O2. The molecule has 2 N–H and O–H groups in total. The largest absolute Gasteiger partial charge is 0.510 e. The summed E-state index contributed by atoms with van der Waals surface area (Å²) in [4.78, 5) is 1.79. The van der Waals surface area contributed by atoms with Crippen LogP contribution in [0.3, 0.4) is 0 Å². The fourth-order valence-electron chi connectivity index (χ4n) is 2.27. The van der Waals surface area contributed by atoms with E-state index in [1.807, 2.05) is 42.5 Å². The van der Waals surface area contributed by atoms with Crippen molar-refractivity contribution in [1.82, 2.24) is 4.90 Å². The lowest BCUT2D eigenvalue weighted by atomic mass is 10.1. The van der Waals surface area contributed by atoms with E-state index in [2.05, 4.69) is 0 Å². The molecule has 0 amide bonds. The van der Waals surface area contributed by atoms with Crippen LogP contribution in [0.15, 0.2) is 58.9 Å². The van der Waals surface area contributed by atoms with Gasteiger partial charge in [0.1, 0.15) is 17.4 Å². The Kier molecular flexibility index (Phi) is 2.83. The molecule has 1 aromatic heterocycles. The highest BCUT2D eigenvalue weighted by atomic mass is 16.3. The molecule has 2 aromatic rings. The average Bonchev–Trinajstić information content (AvgIpc) is 3.01. The van der Waals surface area contributed by atoms with E-state index in [-0.39, 0.29) is 5.76 Å². The molecule has 1 aromatic carbocycles. The number of rotatable bonds is 3. The van der Waals surface area contributed by atoms with Gasteiger partial charge in [-0.15, -0.1) is 0 Å². The Balaban J connectivity index is 1.84. The number of hydrogen-bond acceptors (Lipinski definition) is 3. The van der Waals surface area contributed by atoms with Gasteiger partial charge in [0.05, 0.1) is 24.9 Å². The van der Waals surface area contributed by atoms with Crippen LogP contribution >= 0.6 is 0 Å². The van der Waals surface area contributed by atoms with E-state index in [4.69, 9.17) is 9.83 Å². The first kappa shape index (κ1) is 11.6. The van der Waals surface area contributed by atoms with Crippen molar-refractivity contribution in [1.29, 1.82) is 5.41 Å². The van der Waals surface area contributed by atoms with E-state index in [1.54, 1.807) is 11.2 Å². The molecule has 0 fully saturated rings. The Morgan fingerprint density at radius 2 is 1.95 bits per heavy atom. The van der Waals surface area contributed by atoms with Gasteiger partial charge in [-0.05, 0) is 17.7 Å². The molecule has 2 heterocycles. The molecule has 96 valence electrons. The van der Waals surface area contributed by atoms with Gasteiger partial charge in [-0.3, -0.25) is 5.41 Å². The van der Waals surface area contributed by atoms with Crippen LogP contribution in [-0.2, 0) is 6.54 Å². The van der Waals surface area contributed by atoms with Crippen LogP contribution < -0.4 is 0 Å². The molecule has 4 heteroatoms. The number of hydrogen-bond donors (Lipinski definition) is 2. The Hall–Kier alpha value is -2.49. The highest BCUT2D eigenvalue weighted by Gasteiger charge is 2.28. The van der Waals surface area contributed by atoms with Crippen molar-refractivity contribution >= 4 is 11.4 Å². The maximum Gasteiger partial charge on any atom is 0.132 e. The fourth-order valence-corrected chi connectivity index (χ4v) is 2.27. The molecule has 1 aliphatic heterocycles. The number of benzene rings is 1. The van der Waals surface area contributed by atoms with Gasteiger partial charge in [0.15, 0.2) is 0 Å². The number of aliphatic hydroxyl groups excluding tert-OH is 1. The topological polar surface area (TPSA) is 60.5 Å². The van der Waals surface area contributed by atoms with Gasteiger partial charge in [0.25, 0.3) is 0 Å². The van der Waals surface area contributed by atoms with E-state index in [9.17, 15) is 5.11 Å². The van der Waals surface area contributed by atoms with Crippen LogP contribution in [0.1, 0.15) is 11.3 Å². The third-order valence-electron chi connectivity index (χ3n) is 3.17. The minimum absolute atomic E-state index is 0.239. The molecule has 0 aliphatic carbocycles. The van der Waals surface area contributed by atoms with Crippen molar-refractivity contribution in [2.75, 3.05) is 6.54 Å². The van der Waals surface area contributed by atoms with Gasteiger partial charge in [-0.25, -0.2) is 0 Å². The molecule has 1 aliphatic rings. The second-order valence-corrected chi connectivity index (χ2v) is 4.47. The number of aliphatic hydroxyl groups is 1. The zero-order valence-corrected chi connectivity index (χ0v) is 10.3. The van der Waals surface area contributed by atoms with E-state index in [1.165, 1.54) is 0 Å². The molecule has 0 radical (unpaired) electrons. The van der Waals surface area contributed by atoms with Crippen LogP contribution in [0.5, 0.6) is 0 Å². The lowest BCUT2D eigenvalue weighted by molar-refractivity contribution is 0.328. The van der Waals surface area contributed by atoms with E-state index in [0.29, 0.717) is 24.5 Å². The quantitative estimate of drug-likeness (QED) is 0.885. The Morgan fingerprint density at radius 1 is 1.16 bits per heavy atom. The first-order valence-corrected chi connectivity index (χ1v) is 6.09. The smallest absolute Gasteiger partial charge is 0.132 e. The number of nitrogens with one attached hydrogen (secondary N) is 1. The van der Waals surface area contributed by atoms with Gasteiger partial charge in [-0.2, -0.15) is 0 Å². The summed E-state index contributed by atoms with van der Waals surface area (Å²) in [6.07, 6.45) is 1.61. The summed E-state index contributed by atoms with van der Waals surface area (Å²) in [5.74, 6) is 1.36. The van der Waals surface area contributed by atoms with Crippen molar-refractivity contribution in [2.24, 2.45) is 0 Å². The summed E-state index contributed by atoms with van der Waals surface area (Å²) in [7, 11) is 0. The van der Waals surface area contributed by atoms with Crippen LogP contribution in [0.25, 0.3) is 5.57 Å². The monoisotopic (exact) mass is 254 g/mol. The van der Waals surface area contributed by atoms with Crippen molar-refractivity contribution in [3.05, 3.63) is 65.8 Å². The summed E-state index contributed by atoms with van der Waals surface area (Å²) < 4.78 is 5.28. The highest BCUT2D eigenvalue weighted by Crippen LogP contribution is 2.28. The van der Waals surface area contributed by atoms with Crippen molar-refractivity contribution in [3.63, 3.8) is 0 Å². The number of furan rings is 1. The number of amidine groups is 1. The van der Waals surface area contributed by atoms with Gasteiger partial charge in [0, 0.05) is 0 Å². The normalized spacial score (nSPS) is 15.4. The Labute approximate surface area is 111 Å². The Morgan fingerprint density at radius 3 is 2.63 bits per heavy atom. The lowest BCUT2D eigenvalue weighted by Gasteiger charge is -2.17. The lowest BCUT2D eigenvalue weighted by Crippen LogP contribution is -2.25. The molecule has 0 saturated heterocycles. The second kappa shape index (κ2) is 4.65. The van der Waals surface area contributed by atoms with E-state index >= 15 is 0 Å². The van der Waals surface area contributed by atoms with Crippen molar-refractivity contribution in [3.8, 4) is 0 Å². The minimum atomic E-state index is 0.239. The third-order valence-corrected chi connectivity index (χ3v) is 3.17. The second-order valence-electron chi connectivity index (χ2n) is 4.47. The molecule has 19 heavy (non-hydrogen) atoms. The first-order chi connectivity index (χ1) is 9.25. The minimum Gasteiger partial charge on any atom is -0.510 e. The Bertz CT molecular complexity index is 615. The molecular weight excluding hydrogens is 240 g/mol. The van der Waals surface area contributed by atoms with Crippen LogP contribution in [0.4, 0.5) is 0 Å². The zero-order chi connectivity index (χ0) is 13.2. The summed E-state index contributed by atoms with van der Waals surface area (Å²) in [6.45, 7) is 0.843. The fraction of sp³-hybridized carbons (Fsp3) is 0.133. The van der Waals surface area contributed by atoms with Gasteiger partial charge >= 0.3 is 0 Å². The molecule has 0 bridgehead atoms. The van der Waals surface area contributed by atoms with E-state index < -0.39 is 0 Å². The molecule has 0 spiro atoms. The van der Waals surface area contributed by atoms with Crippen LogP contribution in [0.2, 0.25) is 0 Å². The van der Waals surface area contributed by atoms with Gasteiger partial charge < -0.3 is 14.4 Å². The number of nitrogens with zero attached hydrogens (tertiary/aromatic N) is 1. The van der Waals surface area contributed by atoms with Gasteiger partial charge in [-0.1, -0.05) is 30.3 Å². The summed E-state index contributed by atoms with van der Waals surface area (Å²) >= 11 is 0. The standard InChI is InChI=1S/C15H14N2O2/c16-15-14(11-5-2-1-3-6-11)13(18)10-17(15)9-12-7-4-8-19-12/h1-8,16,18H,9-10H2. The zero-order valence-electron chi connectivity index (χ0n) is 10.3. The van der Waals surface area contributed by atoms with Crippen LogP contribution in [-0.4, -0.2) is 22.4 Å². The predicted octanol–water partition coefficient (Wildman–Crippen LogP) is 3.04. The highest BCUT2D eigenvalue weighted by molar-refractivity contribution is 6.23. The van der Waals surface area contributed by atoms with E-state index in [0.717, 1.165) is 11.3 Å². The molecule has 3 rings (SSSR count). The van der Waals surface area contributed by atoms with Crippen molar-refractivity contribution < 1.29 is 9.52 Å². The SMILES string of the molecule is N=C1C(c2ccccc2)=C(O)CN1Cc1ccco1. The van der Waals surface area contributed by atoms with Crippen LogP contribution in [0, 0.1) is 5.41 Å². The summed E-state index contributed by atoms with van der Waals surface area (Å²) in [6, 6.07) is 13.2. The molecule has 0 saturated carbocycles. The molecule has 4 nitrogen and oxygen atoms in total. The van der Waals surface area contributed by atoms with Gasteiger partial charge in [0.2, 0.25) is 0 Å². The third kappa shape index (κ3) is 2.12. The maximum atomic E-state index is 10.1. The molecule has 0 atom stereocenters. The first-order valence-electron chi connectivity index (χ1n) is 6.09. The summed E-state index contributed by atoms with van der Waals surface area (Å²) in [5, 5.41) is 18.3. The average molecular weight is 254 g/mol.